The standard InChI is InChI=1S/C21H41N3O3/c1-8-9-10-17(13-25)23-20(26)19(12-15(4)5)24-21(27)18(11-14(2)3)22-16(6)7/h13-19,22H,8-12H2,1-7H3,(H,23,26)(H,24,27)/t17-,18?,19-/m0/s1. The van der Waals surface area contributed by atoms with Crippen molar-refractivity contribution in [1.82, 2.24) is 16.0 Å². The van der Waals surface area contributed by atoms with E-state index in [4.69, 9.17) is 0 Å². The van der Waals surface area contributed by atoms with Gasteiger partial charge in [0.15, 0.2) is 0 Å². The average molecular weight is 384 g/mol. The van der Waals surface area contributed by atoms with Crippen LogP contribution in [-0.2, 0) is 14.4 Å². The lowest BCUT2D eigenvalue weighted by Crippen LogP contribution is -2.55. The molecule has 0 saturated carbocycles. The zero-order valence-electron chi connectivity index (χ0n) is 18.3. The highest BCUT2D eigenvalue weighted by Gasteiger charge is 2.28. The van der Waals surface area contributed by atoms with E-state index in [1.54, 1.807) is 0 Å². The van der Waals surface area contributed by atoms with E-state index in [9.17, 15) is 14.4 Å². The highest BCUT2D eigenvalue weighted by atomic mass is 16.2. The number of amides is 2. The van der Waals surface area contributed by atoms with Crippen molar-refractivity contribution >= 4 is 18.1 Å². The second kappa shape index (κ2) is 13.7. The van der Waals surface area contributed by atoms with E-state index in [0.29, 0.717) is 25.2 Å². The summed E-state index contributed by atoms with van der Waals surface area (Å²) in [5.41, 5.74) is 0. The molecule has 0 aliphatic rings. The zero-order chi connectivity index (χ0) is 21.0. The molecule has 0 aromatic heterocycles. The van der Waals surface area contributed by atoms with Crippen molar-refractivity contribution in [2.45, 2.75) is 105 Å². The first-order chi connectivity index (χ1) is 12.6. The van der Waals surface area contributed by atoms with Crippen LogP contribution in [0.2, 0.25) is 0 Å². The molecule has 0 spiro atoms. The third-order valence-electron chi connectivity index (χ3n) is 4.26. The second-order valence-corrected chi connectivity index (χ2v) is 8.59. The Morgan fingerprint density at radius 2 is 1.37 bits per heavy atom. The minimum Gasteiger partial charge on any atom is -0.345 e. The summed E-state index contributed by atoms with van der Waals surface area (Å²) < 4.78 is 0. The third kappa shape index (κ3) is 11.8. The number of aldehydes is 1. The first-order valence-corrected chi connectivity index (χ1v) is 10.4. The molecule has 158 valence electrons. The molecule has 6 nitrogen and oxygen atoms in total. The summed E-state index contributed by atoms with van der Waals surface area (Å²) in [6.45, 7) is 14.2. The molecule has 3 N–H and O–H groups in total. The summed E-state index contributed by atoms with van der Waals surface area (Å²) in [6, 6.07) is -1.30. The van der Waals surface area contributed by atoms with Gasteiger partial charge in [0, 0.05) is 6.04 Å². The smallest absolute Gasteiger partial charge is 0.243 e. The van der Waals surface area contributed by atoms with Crippen molar-refractivity contribution in [3.05, 3.63) is 0 Å². The van der Waals surface area contributed by atoms with Gasteiger partial charge >= 0.3 is 0 Å². The van der Waals surface area contributed by atoms with E-state index in [0.717, 1.165) is 19.1 Å². The topological polar surface area (TPSA) is 87.3 Å². The van der Waals surface area contributed by atoms with E-state index in [1.165, 1.54) is 0 Å². The van der Waals surface area contributed by atoms with Crippen LogP contribution < -0.4 is 16.0 Å². The van der Waals surface area contributed by atoms with Gasteiger partial charge in [-0.15, -0.1) is 0 Å². The number of nitrogens with one attached hydrogen (secondary N) is 3. The summed E-state index contributed by atoms with van der Waals surface area (Å²) in [4.78, 5) is 36.8. The lowest BCUT2D eigenvalue weighted by atomic mass is 9.99. The highest BCUT2D eigenvalue weighted by Crippen LogP contribution is 2.10. The van der Waals surface area contributed by atoms with Crippen LogP contribution in [0.15, 0.2) is 0 Å². The first kappa shape index (κ1) is 25.6. The Balaban J connectivity index is 5.11. The number of hydrogen-bond acceptors (Lipinski definition) is 4. The summed E-state index contributed by atoms with van der Waals surface area (Å²) >= 11 is 0. The molecule has 1 unspecified atom stereocenters. The van der Waals surface area contributed by atoms with Gasteiger partial charge < -0.3 is 20.7 Å². The predicted molar refractivity (Wildman–Crippen MR) is 110 cm³/mol. The minimum absolute atomic E-state index is 0.158. The number of unbranched alkanes of at least 4 members (excludes halogenated alkanes) is 1. The van der Waals surface area contributed by atoms with Gasteiger partial charge in [-0.25, -0.2) is 0 Å². The van der Waals surface area contributed by atoms with Gasteiger partial charge in [0.2, 0.25) is 11.8 Å². The summed E-state index contributed by atoms with van der Waals surface area (Å²) in [5.74, 6) is 0.165. The quantitative estimate of drug-likeness (QED) is 0.403. The highest BCUT2D eigenvalue weighted by molar-refractivity contribution is 5.90. The van der Waals surface area contributed by atoms with Crippen molar-refractivity contribution < 1.29 is 14.4 Å². The fourth-order valence-corrected chi connectivity index (χ4v) is 2.98. The van der Waals surface area contributed by atoms with E-state index in [2.05, 4.69) is 29.8 Å². The molecular weight excluding hydrogens is 342 g/mol. The average Bonchev–Trinajstić information content (AvgIpc) is 2.55. The largest absolute Gasteiger partial charge is 0.345 e. The van der Waals surface area contributed by atoms with Crippen LogP contribution >= 0.6 is 0 Å². The van der Waals surface area contributed by atoms with Gasteiger partial charge in [-0.05, 0) is 31.1 Å². The van der Waals surface area contributed by atoms with Gasteiger partial charge in [-0.2, -0.15) is 0 Å². The van der Waals surface area contributed by atoms with Gasteiger partial charge in [0.1, 0.15) is 12.3 Å². The Bertz CT molecular complexity index is 440. The SMILES string of the molecule is CCCC[C@@H](C=O)NC(=O)[C@H](CC(C)C)NC(=O)C(CC(C)C)NC(C)C. The molecule has 27 heavy (non-hydrogen) atoms. The van der Waals surface area contributed by atoms with Crippen molar-refractivity contribution in [3.8, 4) is 0 Å². The minimum atomic E-state index is -0.634. The fraction of sp³-hybridized carbons (Fsp3) is 0.857. The molecular formula is C21H41N3O3. The van der Waals surface area contributed by atoms with Crippen LogP contribution in [0, 0.1) is 11.8 Å². The van der Waals surface area contributed by atoms with Gasteiger partial charge in [-0.3, -0.25) is 9.59 Å². The Hall–Kier alpha value is -1.43. The van der Waals surface area contributed by atoms with E-state index in [-0.39, 0.29) is 29.8 Å². The molecule has 0 aliphatic heterocycles. The lowest BCUT2D eigenvalue weighted by molar-refractivity contribution is -0.131. The fourth-order valence-electron chi connectivity index (χ4n) is 2.98. The Morgan fingerprint density at radius 3 is 1.81 bits per heavy atom. The van der Waals surface area contributed by atoms with E-state index in [1.807, 2.05) is 34.6 Å². The molecule has 0 fully saturated rings. The van der Waals surface area contributed by atoms with Crippen molar-refractivity contribution in [2.75, 3.05) is 0 Å². The molecule has 0 bridgehead atoms. The van der Waals surface area contributed by atoms with Gasteiger partial charge in [0.25, 0.3) is 0 Å². The molecule has 3 atom stereocenters. The number of carbonyl (C=O) groups is 3. The maximum atomic E-state index is 12.8. The van der Waals surface area contributed by atoms with Crippen molar-refractivity contribution in [2.24, 2.45) is 11.8 Å². The molecule has 0 heterocycles. The van der Waals surface area contributed by atoms with Crippen molar-refractivity contribution in [1.29, 1.82) is 0 Å². The monoisotopic (exact) mass is 383 g/mol. The molecule has 0 rings (SSSR count). The third-order valence-corrected chi connectivity index (χ3v) is 4.26. The second-order valence-electron chi connectivity index (χ2n) is 8.59. The van der Waals surface area contributed by atoms with Gasteiger partial charge in [-0.1, -0.05) is 61.3 Å². The van der Waals surface area contributed by atoms with Gasteiger partial charge in [0.05, 0.1) is 12.1 Å². The molecule has 0 saturated heterocycles. The maximum Gasteiger partial charge on any atom is 0.243 e. The Labute approximate surface area is 165 Å². The van der Waals surface area contributed by atoms with Crippen LogP contribution in [0.4, 0.5) is 0 Å². The van der Waals surface area contributed by atoms with E-state index >= 15 is 0 Å². The zero-order valence-corrected chi connectivity index (χ0v) is 18.3. The van der Waals surface area contributed by atoms with Crippen LogP contribution in [0.1, 0.15) is 80.6 Å². The molecule has 0 aliphatic carbocycles. The number of rotatable bonds is 14. The number of hydrogen-bond donors (Lipinski definition) is 3. The summed E-state index contributed by atoms with van der Waals surface area (Å²) in [6.07, 6.45) is 4.48. The molecule has 6 heteroatoms. The molecule has 0 aromatic rings. The number of carbonyl (C=O) groups excluding carboxylic acids is 3. The Morgan fingerprint density at radius 1 is 0.852 bits per heavy atom. The predicted octanol–water partition coefficient (Wildman–Crippen LogP) is 2.80. The summed E-state index contributed by atoms with van der Waals surface area (Å²) in [5, 5.41) is 8.99. The maximum absolute atomic E-state index is 12.8. The summed E-state index contributed by atoms with van der Waals surface area (Å²) in [7, 11) is 0. The lowest BCUT2D eigenvalue weighted by Gasteiger charge is -2.27. The first-order valence-electron chi connectivity index (χ1n) is 10.4. The molecule has 2 amide bonds. The molecule has 0 radical (unpaired) electrons. The Kier molecular flexibility index (Phi) is 13.0. The van der Waals surface area contributed by atoms with Crippen LogP contribution in [0.5, 0.6) is 0 Å². The van der Waals surface area contributed by atoms with Crippen LogP contribution in [0.25, 0.3) is 0 Å². The van der Waals surface area contributed by atoms with Crippen LogP contribution in [0.3, 0.4) is 0 Å². The van der Waals surface area contributed by atoms with Crippen molar-refractivity contribution in [3.63, 3.8) is 0 Å². The van der Waals surface area contributed by atoms with Crippen LogP contribution in [-0.4, -0.2) is 42.3 Å². The van der Waals surface area contributed by atoms with E-state index < -0.39 is 12.1 Å². The normalized spacial score (nSPS) is 14.9. The molecule has 0 aromatic carbocycles.